The molecule has 110 valence electrons. The summed E-state index contributed by atoms with van der Waals surface area (Å²) in [6, 6.07) is 16.6. The summed E-state index contributed by atoms with van der Waals surface area (Å²) >= 11 is 0. The first-order chi connectivity index (χ1) is 12.2. The Morgan fingerprint density at radius 1 is 1.09 bits per heavy atom. The lowest BCUT2D eigenvalue weighted by molar-refractivity contribution is 0.628. The van der Waals surface area contributed by atoms with Gasteiger partial charge in [-0.05, 0) is 41.7 Å². The van der Waals surface area contributed by atoms with Gasteiger partial charge in [-0.25, -0.2) is 4.39 Å². The van der Waals surface area contributed by atoms with E-state index < -0.39 is 18.6 Å². The molecule has 0 aliphatic heterocycles. The highest BCUT2D eigenvalue weighted by Crippen LogP contribution is 2.29. The quantitative estimate of drug-likeness (QED) is 0.635. The van der Waals surface area contributed by atoms with E-state index in [-0.39, 0.29) is 5.56 Å². The minimum absolute atomic E-state index is 0.0269. The van der Waals surface area contributed by atoms with Gasteiger partial charge in [0.25, 0.3) is 0 Å². The van der Waals surface area contributed by atoms with Gasteiger partial charge in [0, 0.05) is 23.1 Å². The van der Waals surface area contributed by atoms with Crippen LogP contribution in [0.1, 0.15) is 35.0 Å². The number of benzene rings is 2. The normalized spacial score (nSPS) is 16.8. The second-order valence-electron chi connectivity index (χ2n) is 5.12. The standard InChI is InChI=1S/C20H18FN/c1-14-13-22-20(17-9-6-10-18(21)11-17)12-19(14)15(2)16-7-4-3-5-8-16/h3-13,15H,1-2H3/i1D3,15D. The van der Waals surface area contributed by atoms with Crippen molar-refractivity contribution < 1.29 is 9.87 Å². The number of halogens is 1. The zero-order valence-electron chi connectivity index (χ0n) is 16.2. The first-order valence-electron chi connectivity index (χ1n) is 9.02. The fraction of sp³-hybridized carbons (Fsp3) is 0.150. The Hall–Kier alpha value is -2.48. The molecule has 0 bridgehead atoms. The molecule has 0 aliphatic carbocycles. The van der Waals surface area contributed by atoms with Gasteiger partial charge in [-0.2, -0.15) is 0 Å². The highest BCUT2D eigenvalue weighted by molar-refractivity contribution is 5.61. The van der Waals surface area contributed by atoms with Gasteiger partial charge in [-0.15, -0.1) is 0 Å². The second-order valence-corrected chi connectivity index (χ2v) is 5.12. The molecule has 0 N–H and O–H groups in total. The highest BCUT2D eigenvalue weighted by atomic mass is 19.1. The molecule has 0 amide bonds. The number of nitrogens with zero attached hydrogens (tertiary/aromatic N) is 1. The fourth-order valence-corrected chi connectivity index (χ4v) is 2.41. The molecule has 1 atom stereocenters. The smallest absolute Gasteiger partial charge is 0.123 e. The van der Waals surface area contributed by atoms with Gasteiger partial charge >= 0.3 is 0 Å². The number of rotatable bonds is 3. The Bertz CT molecular complexity index is 921. The number of aromatic nitrogens is 1. The molecule has 1 aromatic heterocycles. The molecular formula is C20H18FN. The maximum atomic E-state index is 13.6. The lowest BCUT2D eigenvalue weighted by atomic mass is 9.90. The summed E-state index contributed by atoms with van der Waals surface area (Å²) < 4.78 is 45.9. The molecule has 3 aromatic rings. The van der Waals surface area contributed by atoms with Crippen LogP contribution in [0, 0.1) is 12.7 Å². The molecule has 1 unspecified atom stereocenters. The third-order valence-electron chi connectivity index (χ3n) is 3.64. The summed E-state index contributed by atoms with van der Waals surface area (Å²) in [6.45, 7) is -0.748. The molecule has 2 heteroatoms. The minimum atomic E-state index is -2.40. The van der Waals surface area contributed by atoms with Crippen molar-refractivity contribution in [3.05, 3.63) is 89.4 Å². The summed E-state index contributed by atoms with van der Waals surface area (Å²) in [5, 5.41) is 0. The summed E-state index contributed by atoms with van der Waals surface area (Å²) in [4.78, 5) is 4.21. The average molecular weight is 295 g/mol. The zero-order valence-corrected chi connectivity index (χ0v) is 12.2. The van der Waals surface area contributed by atoms with E-state index in [1.54, 1.807) is 37.3 Å². The van der Waals surface area contributed by atoms with E-state index in [2.05, 4.69) is 4.98 Å². The number of pyridine rings is 1. The summed E-state index contributed by atoms with van der Waals surface area (Å²) in [6.07, 6.45) is 1.28. The zero-order chi connectivity index (χ0) is 18.9. The van der Waals surface area contributed by atoms with Crippen molar-refractivity contribution in [1.29, 1.82) is 0 Å². The van der Waals surface area contributed by atoms with Gasteiger partial charge in [-0.3, -0.25) is 4.98 Å². The number of hydrogen-bond acceptors (Lipinski definition) is 1. The van der Waals surface area contributed by atoms with Crippen molar-refractivity contribution in [1.82, 2.24) is 4.98 Å². The van der Waals surface area contributed by atoms with E-state index in [4.69, 9.17) is 5.48 Å². The number of hydrogen-bond donors (Lipinski definition) is 0. The molecular weight excluding hydrogens is 273 g/mol. The lowest BCUT2D eigenvalue weighted by Gasteiger charge is -2.16. The van der Waals surface area contributed by atoms with Crippen LogP contribution in [-0.4, -0.2) is 4.98 Å². The first kappa shape index (κ1) is 10.3. The summed E-state index contributed by atoms with van der Waals surface area (Å²) in [5.41, 5.74) is 1.99. The van der Waals surface area contributed by atoms with Crippen LogP contribution < -0.4 is 0 Å². The van der Waals surface area contributed by atoms with Crippen LogP contribution >= 0.6 is 0 Å². The van der Waals surface area contributed by atoms with Gasteiger partial charge in [-0.1, -0.05) is 49.4 Å². The third kappa shape index (κ3) is 2.91. The Labute approximate surface area is 136 Å². The van der Waals surface area contributed by atoms with E-state index >= 15 is 0 Å². The van der Waals surface area contributed by atoms with Crippen LogP contribution in [0.2, 0.25) is 0 Å². The first-order valence-corrected chi connectivity index (χ1v) is 7.02. The Morgan fingerprint density at radius 2 is 1.91 bits per heavy atom. The molecule has 0 spiro atoms. The molecule has 3 rings (SSSR count). The second kappa shape index (κ2) is 6.10. The topological polar surface area (TPSA) is 12.9 Å². The maximum Gasteiger partial charge on any atom is 0.123 e. The minimum Gasteiger partial charge on any atom is -0.256 e. The van der Waals surface area contributed by atoms with Crippen LogP contribution in [0.3, 0.4) is 0 Å². The van der Waals surface area contributed by atoms with Crippen molar-refractivity contribution in [2.24, 2.45) is 0 Å². The predicted molar refractivity (Wildman–Crippen MR) is 88.3 cm³/mol. The van der Waals surface area contributed by atoms with Crippen molar-refractivity contribution in [3.63, 3.8) is 0 Å². The maximum absolute atomic E-state index is 13.6. The molecule has 0 aliphatic rings. The number of aryl methyl sites for hydroxylation is 1. The van der Waals surface area contributed by atoms with Gasteiger partial charge in [0.2, 0.25) is 0 Å². The third-order valence-corrected chi connectivity index (χ3v) is 3.64. The SMILES string of the molecule is [2H]C([2H])([2H])c1cnc(-c2cccc(F)c2)cc1C([2H])(C)c1ccccc1. The monoisotopic (exact) mass is 295 g/mol. The van der Waals surface area contributed by atoms with Crippen LogP contribution in [0.5, 0.6) is 0 Å². The van der Waals surface area contributed by atoms with E-state index in [9.17, 15) is 4.39 Å². The van der Waals surface area contributed by atoms with Gasteiger partial charge in [0.05, 0.1) is 5.69 Å². The van der Waals surface area contributed by atoms with Gasteiger partial charge < -0.3 is 0 Å². The van der Waals surface area contributed by atoms with Crippen LogP contribution in [-0.2, 0) is 0 Å². The van der Waals surface area contributed by atoms with Crippen molar-refractivity contribution >= 4 is 0 Å². The Balaban J connectivity index is 2.22. The predicted octanol–water partition coefficient (Wildman–Crippen LogP) is 5.35. The Kier molecular flexibility index (Phi) is 2.85. The molecule has 0 saturated carbocycles. The van der Waals surface area contributed by atoms with Gasteiger partial charge in [0.15, 0.2) is 0 Å². The van der Waals surface area contributed by atoms with Crippen molar-refractivity contribution in [3.8, 4) is 11.3 Å². The van der Waals surface area contributed by atoms with E-state index in [1.165, 1.54) is 18.3 Å². The van der Waals surface area contributed by atoms with Crippen LogP contribution in [0.4, 0.5) is 4.39 Å². The van der Waals surface area contributed by atoms with E-state index in [0.29, 0.717) is 22.4 Å². The van der Waals surface area contributed by atoms with Crippen LogP contribution in [0.15, 0.2) is 66.9 Å². The largest absolute Gasteiger partial charge is 0.256 e. The molecule has 0 saturated heterocycles. The van der Waals surface area contributed by atoms with Crippen LogP contribution in [0.25, 0.3) is 11.3 Å². The van der Waals surface area contributed by atoms with Gasteiger partial charge in [0.1, 0.15) is 5.82 Å². The van der Waals surface area contributed by atoms with Crippen molar-refractivity contribution in [2.45, 2.75) is 19.7 Å². The molecule has 22 heavy (non-hydrogen) atoms. The molecule has 1 heterocycles. The fourth-order valence-electron chi connectivity index (χ4n) is 2.41. The Morgan fingerprint density at radius 3 is 2.64 bits per heavy atom. The van der Waals surface area contributed by atoms with E-state index in [0.717, 1.165) is 0 Å². The molecule has 2 aromatic carbocycles. The highest BCUT2D eigenvalue weighted by Gasteiger charge is 2.13. The summed E-state index contributed by atoms with van der Waals surface area (Å²) in [7, 11) is 0. The average Bonchev–Trinajstić information content (AvgIpc) is 2.61. The van der Waals surface area contributed by atoms with E-state index in [1.807, 2.05) is 18.2 Å². The van der Waals surface area contributed by atoms with Crippen molar-refractivity contribution in [2.75, 3.05) is 0 Å². The molecule has 0 radical (unpaired) electrons. The molecule has 0 fully saturated rings. The summed E-state index contributed by atoms with van der Waals surface area (Å²) in [5.74, 6) is -1.70. The lowest BCUT2D eigenvalue weighted by Crippen LogP contribution is -2.00. The molecule has 1 nitrogen and oxygen atoms in total.